The van der Waals surface area contributed by atoms with Crippen LogP contribution in [0.15, 0.2) is 70.7 Å². The molecule has 3 aliphatic carbocycles. The van der Waals surface area contributed by atoms with Gasteiger partial charge in [0.25, 0.3) is 0 Å². The van der Waals surface area contributed by atoms with Gasteiger partial charge in [0.2, 0.25) is 0 Å². The van der Waals surface area contributed by atoms with Crippen molar-refractivity contribution >= 4 is 9.84 Å². The summed E-state index contributed by atoms with van der Waals surface area (Å²) in [6, 6.07) is 8.37. The van der Waals surface area contributed by atoms with E-state index in [1.54, 1.807) is 44.2 Å². The Hall–Kier alpha value is -1.77. The lowest BCUT2D eigenvalue weighted by atomic mass is 9.60. The molecule has 0 aliphatic heterocycles. The average Bonchev–Trinajstić information content (AvgIpc) is 3.22. The lowest BCUT2D eigenvalue weighted by Gasteiger charge is -2.46. The van der Waals surface area contributed by atoms with Gasteiger partial charge in [-0.1, -0.05) is 56.4 Å². The second kappa shape index (κ2) is 11.8. The molecule has 3 saturated carbocycles. The molecule has 3 aliphatic rings. The molecular weight excluding hydrogens is 524 g/mol. The van der Waals surface area contributed by atoms with E-state index < -0.39 is 39.0 Å². The third-order valence-electron chi connectivity index (χ3n) is 9.97. The fourth-order valence-corrected chi connectivity index (χ4v) is 10.2. The molecule has 0 amide bonds. The maximum Gasteiger partial charge on any atom is 0.184 e. The van der Waals surface area contributed by atoms with Crippen LogP contribution in [0, 0.1) is 23.2 Å². The number of benzene rings is 1. The first-order valence-corrected chi connectivity index (χ1v) is 16.3. The highest BCUT2D eigenvalue weighted by atomic mass is 32.2. The van der Waals surface area contributed by atoms with E-state index in [0.29, 0.717) is 24.3 Å². The van der Waals surface area contributed by atoms with Gasteiger partial charge in [-0.15, -0.1) is 0 Å². The average molecular weight is 573 g/mol. The van der Waals surface area contributed by atoms with Gasteiger partial charge in [0.15, 0.2) is 9.84 Å². The molecule has 7 heteroatoms. The summed E-state index contributed by atoms with van der Waals surface area (Å²) in [4.78, 5) is 0.203. The fourth-order valence-electron chi connectivity index (χ4n) is 8.07. The molecular formula is C33H48O6S. The van der Waals surface area contributed by atoms with Crippen molar-refractivity contribution in [2.45, 2.75) is 113 Å². The maximum absolute atomic E-state index is 14.0. The second-order valence-corrected chi connectivity index (χ2v) is 15.5. The Labute approximate surface area is 240 Å². The zero-order chi connectivity index (χ0) is 29.5. The predicted molar refractivity (Wildman–Crippen MR) is 158 cm³/mol. The van der Waals surface area contributed by atoms with Crippen molar-refractivity contribution in [3.8, 4) is 0 Å². The van der Waals surface area contributed by atoms with E-state index >= 15 is 0 Å². The largest absolute Gasteiger partial charge is 0.393 e. The van der Waals surface area contributed by atoms with Crippen molar-refractivity contribution < 1.29 is 28.8 Å². The predicted octanol–water partition coefficient (Wildman–Crippen LogP) is 5.13. The van der Waals surface area contributed by atoms with E-state index in [0.717, 1.165) is 37.7 Å². The summed E-state index contributed by atoms with van der Waals surface area (Å²) in [5.41, 5.74) is 1.57. The molecule has 0 aromatic heterocycles. The SMILES string of the molecule is C=C1/C(=C\C=C2/CCC[C@]3(C)[C@@H]([C@H](C)C(C(O)CC(C)(C)O)S(=O)(=O)c4ccccc4)CC[C@@H]23)C[C@@H](O)C[C@@H]1O. The van der Waals surface area contributed by atoms with Crippen LogP contribution in [0.25, 0.3) is 0 Å². The van der Waals surface area contributed by atoms with E-state index in [1.807, 2.05) is 13.0 Å². The Morgan fingerprint density at radius 3 is 2.48 bits per heavy atom. The summed E-state index contributed by atoms with van der Waals surface area (Å²) in [6.45, 7) is 11.5. The van der Waals surface area contributed by atoms with Crippen LogP contribution in [0.3, 0.4) is 0 Å². The Morgan fingerprint density at radius 2 is 1.82 bits per heavy atom. The van der Waals surface area contributed by atoms with Crippen LogP contribution < -0.4 is 0 Å². The Kier molecular flexibility index (Phi) is 9.23. The molecule has 4 rings (SSSR count). The first-order chi connectivity index (χ1) is 18.6. The van der Waals surface area contributed by atoms with Crippen molar-refractivity contribution in [2.24, 2.45) is 23.2 Å². The Morgan fingerprint density at radius 1 is 1.15 bits per heavy atom. The monoisotopic (exact) mass is 572 g/mol. The molecule has 1 aromatic rings. The first-order valence-electron chi connectivity index (χ1n) is 14.8. The van der Waals surface area contributed by atoms with Crippen molar-refractivity contribution in [3.63, 3.8) is 0 Å². The minimum absolute atomic E-state index is 0.0265. The number of hydrogen-bond donors (Lipinski definition) is 4. The van der Waals surface area contributed by atoms with Crippen LogP contribution in [0.5, 0.6) is 0 Å². The standard InChI is InChI=1S/C33H48O6S/c1-21-24(18-25(34)19-29(21)35)14-13-23-10-9-17-33(5)27(15-16-28(23)33)22(2)31(30(36)20-32(3,4)37)40(38,39)26-11-7-6-8-12-26/h6-8,11-14,22,25,27-31,34-37H,1,9-10,15-20H2,2-5H3/b23-13+,24-14-/t22-,25+,27+,28-,29-,30?,31?,33+/m0/s1. The van der Waals surface area contributed by atoms with Crippen molar-refractivity contribution in [1.82, 2.24) is 0 Å². The zero-order valence-corrected chi connectivity index (χ0v) is 25.3. The summed E-state index contributed by atoms with van der Waals surface area (Å²) in [6.07, 6.45) is 7.23. The summed E-state index contributed by atoms with van der Waals surface area (Å²) >= 11 is 0. The van der Waals surface area contributed by atoms with Gasteiger partial charge in [0, 0.05) is 12.8 Å². The number of allylic oxidation sites excluding steroid dienone is 3. The molecule has 8 atom stereocenters. The lowest BCUT2D eigenvalue weighted by molar-refractivity contribution is 0.00231. The van der Waals surface area contributed by atoms with E-state index in [4.69, 9.17) is 0 Å². The molecule has 0 saturated heterocycles. The quantitative estimate of drug-likeness (QED) is 0.343. The van der Waals surface area contributed by atoms with Gasteiger partial charge >= 0.3 is 0 Å². The molecule has 6 nitrogen and oxygen atoms in total. The van der Waals surface area contributed by atoms with Crippen LogP contribution in [-0.2, 0) is 9.84 Å². The van der Waals surface area contributed by atoms with Crippen molar-refractivity contribution in [3.05, 3.63) is 65.8 Å². The molecule has 3 fully saturated rings. The summed E-state index contributed by atoms with van der Waals surface area (Å²) in [5.74, 6) is 0.0597. The first kappa shape index (κ1) is 31.2. The van der Waals surface area contributed by atoms with Gasteiger partial charge in [0.05, 0.1) is 34.1 Å². The number of fused-ring (bicyclic) bond motifs is 1. The van der Waals surface area contributed by atoms with Crippen LogP contribution >= 0.6 is 0 Å². The maximum atomic E-state index is 14.0. The highest BCUT2D eigenvalue weighted by molar-refractivity contribution is 7.92. The third-order valence-corrected chi connectivity index (χ3v) is 12.4. The highest BCUT2D eigenvalue weighted by Crippen LogP contribution is 2.60. The summed E-state index contributed by atoms with van der Waals surface area (Å²) < 4.78 is 28.1. The number of hydrogen-bond acceptors (Lipinski definition) is 6. The molecule has 222 valence electrons. The van der Waals surface area contributed by atoms with Crippen LogP contribution in [0.1, 0.15) is 79.1 Å². The van der Waals surface area contributed by atoms with Gasteiger partial charge in [0.1, 0.15) is 0 Å². The minimum atomic E-state index is -3.87. The number of aliphatic hydroxyl groups excluding tert-OH is 3. The van der Waals surface area contributed by atoms with Crippen molar-refractivity contribution in [2.75, 3.05) is 0 Å². The minimum Gasteiger partial charge on any atom is -0.393 e. The van der Waals surface area contributed by atoms with Gasteiger partial charge in [-0.25, -0.2) is 8.42 Å². The zero-order valence-electron chi connectivity index (χ0n) is 24.5. The number of sulfone groups is 1. The summed E-state index contributed by atoms with van der Waals surface area (Å²) in [7, 11) is -3.87. The van der Waals surface area contributed by atoms with Gasteiger partial charge in [-0.05, 0) is 98.8 Å². The topological polar surface area (TPSA) is 115 Å². The fraction of sp³-hybridized carbons (Fsp3) is 0.636. The molecule has 4 N–H and O–H groups in total. The molecule has 40 heavy (non-hydrogen) atoms. The molecule has 2 unspecified atom stereocenters. The van der Waals surface area contributed by atoms with E-state index in [-0.39, 0.29) is 28.6 Å². The van der Waals surface area contributed by atoms with Crippen LogP contribution in [0.4, 0.5) is 0 Å². The third kappa shape index (κ3) is 6.34. The molecule has 0 bridgehead atoms. The van der Waals surface area contributed by atoms with Gasteiger partial charge in [-0.2, -0.15) is 0 Å². The highest BCUT2D eigenvalue weighted by Gasteiger charge is 2.54. The van der Waals surface area contributed by atoms with Crippen LogP contribution in [0.2, 0.25) is 0 Å². The van der Waals surface area contributed by atoms with E-state index in [2.05, 4.69) is 19.6 Å². The number of rotatable bonds is 8. The summed E-state index contributed by atoms with van der Waals surface area (Å²) in [5, 5.41) is 41.3. The van der Waals surface area contributed by atoms with Crippen LogP contribution in [-0.4, -0.2) is 58.0 Å². The van der Waals surface area contributed by atoms with Gasteiger partial charge in [-0.3, -0.25) is 0 Å². The Bertz CT molecular complexity index is 1230. The lowest BCUT2D eigenvalue weighted by Crippen LogP contribution is -2.48. The molecule has 1 aromatic carbocycles. The van der Waals surface area contributed by atoms with E-state index in [9.17, 15) is 28.8 Å². The molecule has 0 radical (unpaired) electrons. The van der Waals surface area contributed by atoms with E-state index in [1.165, 1.54) is 5.57 Å². The molecule has 0 heterocycles. The normalized spacial score (nSPS) is 34.0. The second-order valence-electron chi connectivity index (χ2n) is 13.4. The number of aliphatic hydroxyl groups is 4. The Balaban J connectivity index is 1.66. The molecule has 0 spiro atoms. The van der Waals surface area contributed by atoms with Crippen molar-refractivity contribution in [1.29, 1.82) is 0 Å². The van der Waals surface area contributed by atoms with Gasteiger partial charge < -0.3 is 20.4 Å². The smallest absolute Gasteiger partial charge is 0.184 e.